The van der Waals surface area contributed by atoms with E-state index in [2.05, 4.69) is 4.98 Å². The van der Waals surface area contributed by atoms with Gasteiger partial charge in [0, 0.05) is 32.0 Å². The molecule has 1 fully saturated rings. The highest BCUT2D eigenvalue weighted by molar-refractivity contribution is 7.80. The van der Waals surface area contributed by atoms with Crippen molar-refractivity contribution in [2.45, 2.75) is 18.9 Å². The standard InChI is InChI=1S/C13H17N3O2S/c1-18-10-4-6-16(7-5-10)13(17)11-3-2-9(8-15-11)12(14)19/h2-3,8,10H,4-7H2,1H3,(H2,14,19). The number of carbonyl (C=O) groups is 1. The minimum atomic E-state index is -0.0518. The van der Waals surface area contributed by atoms with Gasteiger partial charge in [0.1, 0.15) is 10.7 Å². The fourth-order valence-electron chi connectivity index (χ4n) is 2.12. The topological polar surface area (TPSA) is 68.5 Å². The largest absolute Gasteiger partial charge is 0.389 e. The number of likely N-dealkylation sites (tertiary alicyclic amines) is 1. The van der Waals surface area contributed by atoms with Gasteiger partial charge in [0.25, 0.3) is 5.91 Å². The third-order valence-corrected chi connectivity index (χ3v) is 3.57. The van der Waals surface area contributed by atoms with Crippen molar-refractivity contribution in [2.24, 2.45) is 5.73 Å². The van der Waals surface area contributed by atoms with Crippen molar-refractivity contribution in [2.75, 3.05) is 20.2 Å². The molecular weight excluding hydrogens is 262 g/mol. The zero-order valence-electron chi connectivity index (χ0n) is 10.8. The first-order valence-electron chi connectivity index (χ1n) is 6.19. The molecule has 1 amide bonds. The summed E-state index contributed by atoms with van der Waals surface area (Å²) in [4.78, 5) is 18.4. The maximum absolute atomic E-state index is 12.2. The SMILES string of the molecule is COC1CCN(C(=O)c2ccc(C(N)=S)cn2)CC1. The van der Waals surface area contributed by atoms with E-state index >= 15 is 0 Å². The summed E-state index contributed by atoms with van der Waals surface area (Å²) in [5, 5.41) is 0. The Kier molecular flexibility index (Phi) is 4.44. The van der Waals surface area contributed by atoms with E-state index in [1.54, 1.807) is 24.1 Å². The van der Waals surface area contributed by atoms with E-state index in [0.717, 1.165) is 12.8 Å². The van der Waals surface area contributed by atoms with Crippen molar-refractivity contribution in [3.63, 3.8) is 0 Å². The number of carbonyl (C=O) groups excluding carboxylic acids is 1. The van der Waals surface area contributed by atoms with Crippen molar-refractivity contribution in [1.82, 2.24) is 9.88 Å². The highest BCUT2D eigenvalue weighted by Crippen LogP contribution is 2.15. The minimum absolute atomic E-state index is 0.0518. The van der Waals surface area contributed by atoms with Crippen LogP contribution in [0.5, 0.6) is 0 Å². The van der Waals surface area contributed by atoms with Gasteiger partial charge in [-0.25, -0.2) is 0 Å². The summed E-state index contributed by atoms with van der Waals surface area (Å²) in [5.74, 6) is -0.0518. The van der Waals surface area contributed by atoms with E-state index in [1.165, 1.54) is 6.20 Å². The van der Waals surface area contributed by atoms with Gasteiger partial charge in [-0.2, -0.15) is 0 Å². The molecule has 0 spiro atoms. The van der Waals surface area contributed by atoms with Gasteiger partial charge in [-0.05, 0) is 25.0 Å². The average Bonchev–Trinajstić information content (AvgIpc) is 2.46. The molecule has 0 bridgehead atoms. The van der Waals surface area contributed by atoms with E-state index < -0.39 is 0 Å². The zero-order valence-corrected chi connectivity index (χ0v) is 11.7. The molecule has 2 rings (SSSR count). The Morgan fingerprint density at radius 2 is 2.16 bits per heavy atom. The van der Waals surface area contributed by atoms with Crippen molar-refractivity contribution >= 4 is 23.1 Å². The molecule has 1 aliphatic rings. The second-order valence-electron chi connectivity index (χ2n) is 4.52. The van der Waals surface area contributed by atoms with Crippen molar-refractivity contribution < 1.29 is 9.53 Å². The number of nitrogens with two attached hydrogens (primary N) is 1. The Morgan fingerprint density at radius 3 is 2.63 bits per heavy atom. The van der Waals surface area contributed by atoms with Gasteiger partial charge < -0.3 is 15.4 Å². The highest BCUT2D eigenvalue weighted by Gasteiger charge is 2.23. The van der Waals surface area contributed by atoms with Crippen LogP contribution < -0.4 is 5.73 Å². The minimum Gasteiger partial charge on any atom is -0.389 e. The monoisotopic (exact) mass is 279 g/mol. The molecule has 2 heterocycles. The molecule has 6 heteroatoms. The molecular formula is C13H17N3O2S. The molecule has 5 nitrogen and oxygen atoms in total. The summed E-state index contributed by atoms with van der Waals surface area (Å²) in [6, 6.07) is 3.39. The lowest BCUT2D eigenvalue weighted by Crippen LogP contribution is -2.40. The molecule has 0 aromatic carbocycles. The van der Waals surface area contributed by atoms with Gasteiger partial charge in [-0.15, -0.1) is 0 Å². The van der Waals surface area contributed by atoms with Gasteiger partial charge in [0.05, 0.1) is 6.10 Å². The molecule has 0 saturated carbocycles. The van der Waals surface area contributed by atoms with Crippen LogP contribution in [0.2, 0.25) is 0 Å². The summed E-state index contributed by atoms with van der Waals surface area (Å²) in [6.07, 6.45) is 3.53. The van der Waals surface area contributed by atoms with Gasteiger partial charge in [0.15, 0.2) is 0 Å². The predicted octanol–water partition coefficient (Wildman–Crippen LogP) is 0.967. The Bertz CT molecular complexity index is 467. The Hall–Kier alpha value is -1.53. The predicted molar refractivity (Wildman–Crippen MR) is 76.1 cm³/mol. The Morgan fingerprint density at radius 1 is 1.47 bits per heavy atom. The maximum Gasteiger partial charge on any atom is 0.272 e. The number of hydrogen-bond donors (Lipinski definition) is 1. The third-order valence-electron chi connectivity index (χ3n) is 3.33. The van der Waals surface area contributed by atoms with Crippen LogP contribution in [0.15, 0.2) is 18.3 Å². The first kappa shape index (κ1) is 13.9. The molecule has 1 aromatic heterocycles. The van der Waals surface area contributed by atoms with E-state index in [9.17, 15) is 4.79 Å². The molecule has 0 aliphatic carbocycles. The van der Waals surface area contributed by atoms with Crippen LogP contribution in [0.3, 0.4) is 0 Å². The fraction of sp³-hybridized carbons (Fsp3) is 0.462. The smallest absolute Gasteiger partial charge is 0.272 e. The number of piperidine rings is 1. The fourth-order valence-corrected chi connectivity index (χ4v) is 2.24. The maximum atomic E-state index is 12.2. The van der Waals surface area contributed by atoms with Crippen LogP contribution in [0.4, 0.5) is 0 Å². The number of ether oxygens (including phenoxy) is 1. The Labute approximate surface area is 117 Å². The Balaban J connectivity index is 2.02. The quantitative estimate of drug-likeness (QED) is 0.835. The van der Waals surface area contributed by atoms with E-state index in [0.29, 0.717) is 24.3 Å². The van der Waals surface area contributed by atoms with Crippen LogP contribution in [0.1, 0.15) is 28.9 Å². The second-order valence-corrected chi connectivity index (χ2v) is 4.96. The number of amides is 1. The van der Waals surface area contributed by atoms with Gasteiger partial charge in [-0.1, -0.05) is 12.2 Å². The number of pyridine rings is 1. The van der Waals surface area contributed by atoms with Crippen LogP contribution in [0.25, 0.3) is 0 Å². The summed E-state index contributed by atoms with van der Waals surface area (Å²) in [5.41, 5.74) is 6.59. The number of aromatic nitrogens is 1. The molecule has 1 aromatic rings. The normalized spacial score (nSPS) is 16.4. The molecule has 2 N–H and O–H groups in total. The lowest BCUT2D eigenvalue weighted by atomic mass is 10.1. The van der Waals surface area contributed by atoms with E-state index in [4.69, 9.17) is 22.7 Å². The van der Waals surface area contributed by atoms with E-state index in [-0.39, 0.29) is 17.0 Å². The van der Waals surface area contributed by atoms with Gasteiger partial charge in [-0.3, -0.25) is 9.78 Å². The molecule has 0 atom stereocenters. The van der Waals surface area contributed by atoms with Crippen molar-refractivity contribution in [3.8, 4) is 0 Å². The van der Waals surface area contributed by atoms with Crippen molar-refractivity contribution in [3.05, 3.63) is 29.6 Å². The first-order chi connectivity index (χ1) is 9.11. The van der Waals surface area contributed by atoms with Crippen LogP contribution in [0, 0.1) is 0 Å². The molecule has 0 unspecified atom stereocenters. The molecule has 102 valence electrons. The van der Waals surface area contributed by atoms with Crippen LogP contribution in [-0.4, -0.2) is 47.1 Å². The van der Waals surface area contributed by atoms with Crippen LogP contribution in [-0.2, 0) is 4.74 Å². The van der Waals surface area contributed by atoms with Crippen LogP contribution >= 0.6 is 12.2 Å². The second kappa shape index (κ2) is 6.08. The third kappa shape index (κ3) is 3.27. The molecule has 0 radical (unpaired) electrons. The number of rotatable bonds is 3. The molecule has 1 aliphatic heterocycles. The average molecular weight is 279 g/mol. The highest BCUT2D eigenvalue weighted by atomic mass is 32.1. The summed E-state index contributed by atoms with van der Waals surface area (Å²) < 4.78 is 5.29. The zero-order chi connectivity index (χ0) is 13.8. The summed E-state index contributed by atoms with van der Waals surface area (Å²) in [6.45, 7) is 1.41. The van der Waals surface area contributed by atoms with Crippen molar-refractivity contribution in [1.29, 1.82) is 0 Å². The number of nitrogens with zero attached hydrogens (tertiary/aromatic N) is 2. The number of hydrogen-bond acceptors (Lipinski definition) is 4. The van der Waals surface area contributed by atoms with Gasteiger partial charge in [0.2, 0.25) is 0 Å². The van der Waals surface area contributed by atoms with Gasteiger partial charge >= 0.3 is 0 Å². The number of thiocarbonyl (C=S) groups is 1. The molecule has 19 heavy (non-hydrogen) atoms. The van der Waals surface area contributed by atoms with E-state index in [1.807, 2.05) is 0 Å². The lowest BCUT2D eigenvalue weighted by Gasteiger charge is -2.31. The number of methoxy groups -OCH3 is 1. The lowest BCUT2D eigenvalue weighted by molar-refractivity contribution is 0.0347. The first-order valence-corrected chi connectivity index (χ1v) is 6.60. The summed E-state index contributed by atoms with van der Waals surface area (Å²) >= 11 is 4.85. The molecule has 1 saturated heterocycles. The summed E-state index contributed by atoms with van der Waals surface area (Å²) in [7, 11) is 1.71.